The minimum Gasteiger partial charge on any atom is -0.497 e. The maximum absolute atomic E-state index is 13.7. The van der Waals surface area contributed by atoms with Crippen molar-refractivity contribution in [3.63, 3.8) is 0 Å². The minimum absolute atomic E-state index is 0.0523. The number of carbonyl (C=O) groups is 1. The molecule has 0 saturated carbocycles. The van der Waals surface area contributed by atoms with Gasteiger partial charge in [0.25, 0.3) is 5.91 Å². The van der Waals surface area contributed by atoms with Crippen molar-refractivity contribution in [3.8, 4) is 17.2 Å². The maximum Gasteiger partial charge on any atom is 0.297 e. The standard InChI is InChI=1S/C23H19N3O6S/c1-11-24-25-23(33-11)26-19(15-9-12(29-2)6-8-16(15)31-4)18-20(27)14-7-5-13(30-3)10-17(14)32-21(18)22(26)28/h5-10,19H,1-4H3/t19-/m1/s1. The maximum atomic E-state index is 13.7. The van der Waals surface area contributed by atoms with Gasteiger partial charge in [0.05, 0.1) is 32.3 Å². The second-order valence-corrected chi connectivity index (χ2v) is 8.49. The summed E-state index contributed by atoms with van der Waals surface area (Å²) in [7, 11) is 4.58. The number of ether oxygens (including phenoxy) is 3. The van der Waals surface area contributed by atoms with Gasteiger partial charge in [-0.2, -0.15) is 0 Å². The smallest absolute Gasteiger partial charge is 0.297 e. The summed E-state index contributed by atoms with van der Waals surface area (Å²) in [6.45, 7) is 1.79. The first-order chi connectivity index (χ1) is 16.0. The fraction of sp³-hybridized carbons (Fsp3) is 0.217. The molecule has 33 heavy (non-hydrogen) atoms. The van der Waals surface area contributed by atoms with E-state index in [1.165, 1.54) is 30.5 Å². The topological polar surface area (TPSA) is 104 Å². The Kier molecular flexibility index (Phi) is 5.01. The number of nitrogens with zero attached hydrogens (tertiary/aromatic N) is 3. The van der Waals surface area contributed by atoms with Crippen molar-refractivity contribution >= 4 is 33.3 Å². The van der Waals surface area contributed by atoms with Crippen LogP contribution in [0.3, 0.4) is 0 Å². The zero-order valence-corrected chi connectivity index (χ0v) is 19.1. The highest BCUT2D eigenvalue weighted by Gasteiger charge is 2.46. The minimum atomic E-state index is -0.840. The lowest BCUT2D eigenvalue weighted by Crippen LogP contribution is -2.29. The second-order valence-electron chi connectivity index (χ2n) is 7.33. The van der Waals surface area contributed by atoms with Crippen molar-refractivity contribution in [1.29, 1.82) is 0 Å². The number of methoxy groups -OCH3 is 3. The Bertz CT molecular complexity index is 1460. The van der Waals surface area contributed by atoms with Crippen LogP contribution < -0.4 is 24.5 Å². The van der Waals surface area contributed by atoms with Crippen LogP contribution in [0.5, 0.6) is 17.2 Å². The number of fused-ring (bicyclic) bond motifs is 2. The average molecular weight is 465 g/mol. The Balaban J connectivity index is 1.84. The molecule has 1 aliphatic heterocycles. The van der Waals surface area contributed by atoms with Gasteiger partial charge in [-0.1, -0.05) is 11.3 Å². The summed E-state index contributed by atoms with van der Waals surface area (Å²) in [5.41, 5.74) is 0.716. The van der Waals surface area contributed by atoms with Gasteiger partial charge in [0.15, 0.2) is 5.43 Å². The first-order valence-electron chi connectivity index (χ1n) is 9.97. The zero-order valence-electron chi connectivity index (χ0n) is 18.2. The number of hydrogen-bond acceptors (Lipinski definition) is 9. The third kappa shape index (κ3) is 3.21. The van der Waals surface area contributed by atoms with Crippen LogP contribution in [0.1, 0.15) is 32.7 Å². The summed E-state index contributed by atoms with van der Waals surface area (Å²) in [5, 5.41) is 9.59. The summed E-state index contributed by atoms with van der Waals surface area (Å²) in [6, 6.07) is 9.26. The predicted octanol–water partition coefficient (Wildman–Crippen LogP) is 3.73. The molecule has 168 valence electrons. The Labute approximate surface area is 192 Å². The van der Waals surface area contributed by atoms with E-state index in [9.17, 15) is 9.59 Å². The fourth-order valence-corrected chi connectivity index (χ4v) is 4.72. The van der Waals surface area contributed by atoms with Gasteiger partial charge in [-0.15, -0.1) is 10.2 Å². The van der Waals surface area contributed by atoms with E-state index in [0.717, 1.165) is 0 Å². The molecule has 4 aromatic rings. The number of aryl methyl sites for hydroxylation is 1. The van der Waals surface area contributed by atoms with E-state index < -0.39 is 11.9 Å². The van der Waals surface area contributed by atoms with Crippen LogP contribution in [0.4, 0.5) is 5.13 Å². The SMILES string of the molecule is COc1ccc(OC)c([C@@H]2c3c(oc4cc(OC)ccc4c3=O)C(=O)N2c2nnc(C)s2)c1. The van der Waals surface area contributed by atoms with Gasteiger partial charge in [-0.05, 0) is 37.3 Å². The van der Waals surface area contributed by atoms with Crippen LogP contribution >= 0.6 is 11.3 Å². The molecule has 2 aromatic carbocycles. The van der Waals surface area contributed by atoms with Gasteiger partial charge in [0.1, 0.15) is 33.9 Å². The Hall–Kier alpha value is -3.92. The van der Waals surface area contributed by atoms with Crippen LogP contribution in [-0.4, -0.2) is 37.4 Å². The van der Waals surface area contributed by atoms with E-state index in [2.05, 4.69) is 10.2 Å². The molecule has 1 atom stereocenters. The fourth-order valence-electron chi connectivity index (χ4n) is 4.01. The van der Waals surface area contributed by atoms with Crippen molar-refractivity contribution in [3.05, 3.63) is 68.5 Å². The van der Waals surface area contributed by atoms with Crippen molar-refractivity contribution in [2.24, 2.45) is 0 Å². The molecule has 0 radical (unpaired) electrons. The molecular formula is C23H19N3O6S. The number of carbonyl (C=O) groups excluding carboxylic acids is 1. The van der Waals surface area contributed by atoms with Crippen LogP contribution in [0.2, 0.25) is 0 Å². The molecule has 3 heterocycles. The molecule has 0 unspecified atom stereocenters. The molecule has 2 aromatic heterocycles. The van der Waals surface area contributed by atoms with Crippen molar-refractivity contribution in [1.82, 2.24) is 10.2 Å². The summed E-state index contributed by atoms with van der Waals surface area (Å²) >= 11 is 1.24. The number of amides is 1. The summed E-state index contributed by atoms with van der Waals surface area (Å²) in [6.07, 6.45) is 0. The lowest BCUT2D eigenvalue weighted by Gasteiger charge is -2.24. The van der Waals surface area contributed by atoms with Gasteiger partial charge in [-0.25, -0.2) is 0 Å². The highest BCUT2D eigenvalue weighted by atomic mass is 32.1. The first-order valence-corrected chi connectivity index (χ1v) is 10.8. The summed E-state index contributed by atoms with van der Waals surface area (Å²) in [5.74, 6) is 1.01. The predicted molar refractivity (Wildman–Crippen MR) is 122 cm³/mol. The number of aromatic nitrogens is 2. The number of anilines is 1. The molecule has 0 aliphatic carbocycles. The monoisotopic (exact) mass is 465 g/mol. The molecule has 0 spiro atoms. The normalized spacial score (nSPS) is 15.1. The van der Waals surface area contributed by atoms with Crippen molar-refractivity contribution < 1.29 is 23.4 Å². The summed E-state index contributed by atoms with van der Waals surface area (Å²) < 4.78 is 22.2. The molecule has 0 saturated heterocycles. The van der Waals surface area contributed by atoms with Crippen LogP contribution in [0, 0.1) is 6.92 Å². The van der Waals surface area contributed by atoms with E-state index in [-0.39, 0.29) is 22.3 Å². The van der Waals surface area contributed by atoms with Gasteiger partial charge < -0.3 is 18.6 Å². The van der Waals surface area contributed by atoms with Crippen molar-refractivity contribution in [2.45, 2.75) is 13.0 Å². The van der Waals surface area contributed by atoms with Crippen molar-refractivity contribution in [2.75, 3.05) is 26.2 Å². The first kappa shape index (κ1) is 21.0. The zero-order chi connectivity index (χ0) is 23.3. The number of rotatable bonds is 5. The molecule has 0 N–H and O–H groups in total. The van der Waals surface area contributed by atoms with Gasteiger partial charge in [0.2, 0.25) is 10.9 Å². The van der Waals surface area contributed by atoms with Crippen LogP contribution in [0.15, 0.2) is 45.6 Å². The van der Waals surface area contributed by atoms with Gasteiger partial charge >= 0.3 is 0 Å². The lowest BCUT2D eigenvalue weighted by atomic mass is 9.97. The van der Waals surface area contributed by atoms with Crippen LogP contribution in [-0.2, 0) is 0 Å². The quantitative estimate of drug-likeness (QED) is 0.439. The molecular weight excluding hydrogens is 446 g/mol. The third-order valence-corrected chi connectivity index (χ3v) is 6.37. The van der Waals surface area contributed by atoms with E-state index in [1.807, 2.05) is 0 Å². The second kappa shape index (κ2) is 7.89. The molecule has 10 heteroatoms. The van der Waals surface area contributed by atoms with E-state index in [1.54, 1.807) is 50.4 Å². The van der Waals surface area contributed by atoms with E-state index in [0.29, 0.717) is 38.3 Å². The molecule has 9 nitrogen and oxygen atoms in total. The number of hydrogen-bond donors (Lipinski definition) is 0. The largest absolute Gasteiger partial charge is 0.497 e. The number of benzene rings is 2. The van der Waals surface area contributed by atoms with Crippen LogP contribution in [0.25, 0.3) is 11.0 Å². The third-order valence-electron chi connectivity index (χ3n) is 5.53. The highest BCUT2D eigenvalue weighted by molar-refractivity contribution is 7.15. The Morgan fingerprint density at radius 3 is 2.36 bits per heavy atom. The summed E-state index contributed by atoms with van der Waals surface area (Å²) in [4.78, 5) is 28.7. The lowest BCUT2D eigenvalue weighted by molar-refractivity contribution is 0.0970. The molecule has 0 fully saturated rings. The van der Waals surface area contributed by atoms with E-state index >= 15 is 0 Å². The Morgan fingerprint density at radius 2 is 1.70 bits per heavy atom. The highest BCUT2D eigenvalue weighted by Crippen LogP contribution is 2.45. The Morgan fingerprint density at radius 1 is 0.970 bits per heavy atom. The van der Waals surface area contributed by atoms with E-state index in [4.69, 9.17) is 18.6 Å². The molecule has 0 bridgehead atoms. The molecule has 5 rings (SSSR count). The molecule has 1 amide bonds. The average Bonchev–Trinajstić information content (AvgIpc) is 3.39. The molecule has 1 aliphatic rings. The van der Waals surface area contributed by atoms with Gasteiger partial charge in [-0.3, -0.25) is 14.5 Å². The van der Waals surface area contributed by atoms with Gasteiger partial charge in [0, 0.05) is 11.6 Å².